The Hall–Kier alpha value is -3.44. The van der Waals surface area contributed by atoms with Gasteiger partial charge < -0.3 is 24.4 Å². The number of halogens is 2. The van der Waals surface area contributed by atoms with Crippen molar-refractivity contribution < 1.29 is 22.8 Å². The van der Waals surface area contributed by atoms with Crippen LogP contribution in [0.25, 0.3) is 11.5 Å². The number of likely N-dealkylation sites (tertiary alicyclic amines) is 1. The molecule has 1 aromatic carbocycles. The highest BCUT2D eigenvalue weighted by molar-refractivity contribution is 5.95. The van der Waals surface area contributed by atoms with Gasteiger partial charge in [-0.1, -0.05) is 24.2 Å². The number of aryl methyl sites for hydroxylation is 1. The third kappa shape index (κ3) is 6.28. The van der Waals surface area contributed by atoms with Gasteiger partial charge in [-0.25, -0.2) is 18.7 Å². The molecular weight excluding hydrogens is 554 g/mol. The van der Waals surface area contributed by atoms with E-state index in [-0.39, 0.29) is 11.5 Å². The Kier molecular flexibility index (Phi) is 8.21. The Labute approximate surface area is 251 Å². The number of nitrogens with zero attached hydrogens (tertiary/aromatic N) is 5. The van der Waals surface area contributed by atoms with Crippen molar-refractivity contribution in [3.63, 3.8) is 0 Å². The Morgan fingerprint density at radius 1 is 1.07 bits per heavy atom. The molecule has 230 valence electrons. The molecule has 6 rings (SSSR count). The van der Waals surface area contributed by atoms with Crippen LogP contribution in [-0.2, 0) is 23.6 Å². The normalized spacial score (nSPS) is 21.6. The van der Waals surface area contributed by atoms with E-state index in [1.54, 1.807) is 25.1 Å². The van der Waals surface area contributed by atoms with Gasteiger partial charge in [0.05, 0.1) is 6.61 Å². The fourth-order valence-corrected chi connectivity index (χ4v) is 6.44. The first-order chi connectivity index (χ1) is 20.6. The first kappa shape index (κ1) is 29.6. The van der Waals surface area contributed by atoms with Gasteiger partial charge in [-0.2, -0.15) is 0 Å². The third-order valence-electron chi connectivity index (χ3n) is 9.08. The van der Waals surface area contributed by atoms with Crippen LogP contribution in [0.5, 0.6) is 0 Å². The zero-order valence-corrected chi connectivity index (χ0v) is 25.3. The predicted molar refractivity (Wildman–Crippen MR) is 158 cm³/mol. The summed E-state index contributed by atoms with van der Waals surface area (Å²) in [5.74, 6) is -0.925. The maximum Gasteiger partial charge on any atom is 0.272 e. The van der Waals surface area contributed by atoms with Gasteiger partial charge in [-0.15, -0.1) is 0 Å². The Bertz CT molecular complexity index is 1480. The lowest BCUT2D eigenvalue weighted by atomic mass is 9.94. The van der Waals surface area contributed by atoms with Gasteiger partial charge in [0.1, 0.15) is 17.3 Å². The average molecular weight is 595 g/mol. The van der Waals surface area contributed by atoms with Crippen molar-refractivity contribution in [1.29, 1.82) is 0 Å². The monoisotopic (exact) mass is 594 g/mol. The van der Waals surface area contributed by atoms with Gasteiger partial charge >= 0.3 is 0 Å². The van der Waals surface area contributed by atoms with Crippen LogP contribution in [0.1, 0.15) is 71.6 Å². The largest absolute Gasteiger partial charge is 0.381 e. The first-order valence-corrected chi connectivity index (χ1v) is 15.3. The number of carbonyl (C=O) groups is 1. The summed E-state index contributed by atoms with van der Waals surface area (Å²) >= 11 is 0. The number of hydrogen-bond donors (Lipinski definition) is 1. The third-order valence-corrected chi connectivity index (χ3v) is 9.08. The molecule has 0 saturated carbocycles. The number of nitrogens with one attached hydrogen (secondary N) is 1. The molecule has 0 aliphatic carbocycles. The van der Waals surface area contributed by atoms with E-state index in [0.717, 1.165) is 50.5 Å². The van der Waals surface area contributed by atoms with E-state index in [1.807, 2.05) is 11.8 Å². The summed E-state index contributed by atoms with van der Waals surface area (Å²) in [6, 6.07) is 7.45. The minimum absolute atomic E-state index is 0.0238. The van der Waals surface area contributed by atoms with Crippen LogP contribution in [0.3, 0.4) is 0 Å². The fraction of sp³-hybridized carbons (Fsp3) is 0.562. The zero-order valence-electron chi connectivity index (χ0n) is 25.3. The highest BCUT2D eigenvalue weighted by Gasteiger charge is 2.32. The summed E-state index contributed by atoms with van der Waals surface area (Å²) in [5, 5.41) is 7.94. The van der Waals surface area contributed by atoms with Crippen LogP contribution in [0.4, 0.5) is 14.6 Å². The Morgan fingerprint density at radius 2 is 1.86 bits per heavy atom. The summed E-state index contributed by atoms with van der Waals surface area (Å²) in [6.45, 7) is 10.8. The minimum atomic E-state index is -2.89. The Balaban J connectivity index is 1.24. The second-order valence-corrected chi connectivity index (χ2v) is 12.4. The number of hydrogen-bond acceptors (Lipinski definition) is 8. The van der Waals surface area contributed by atoms with E-state index >= 15 is 0 Å². The zero-order chi connectivity index (χ0) is 30.3. The van der Waals surface area contributed by atoms with Crippen LogP contribution in [-0.4, -0.2) is 70.9 Å². The molecule has 0 bridgehead atoms. The number of rotatable bonds is 6. The number of aromatic nitrogens is 3. The number of alkyl halides is 2. The molecule has 3 aromatic rings. The number of carbonyl (C=O) groups excluding carboxylic acids is 1. The molecule has 2 unspecified atom stereocenters. The molecule has 1 amide bonds. The van der Waals surface area contributed by atoms with Crippen molar-refractivity contribution in [3.05, 3.63) is 58.0 Å². The first-order valence-electron chi connectivity index (χ1n) is 15.3. The predicted octanol–water partition coefficient (Wildman–Crippen LogP) is 5.04. The van der Waals surface area contributed by atoms with Crippen molar-refractivity contribution in [2.75, 3.05) is 37.7 Å². The van der Waals surface area contributed by atoms with Crippen molar-refractivity contribution in [3.8, 4) is 11.5 Å². The molecule has 0 spiro atoms. The van der Waals surface area contributed by atoms with E-state index in [1.165, 1.54) is 6.07 Å². The van der Waals surface area contributed by atoms with Crippen LogP contribution >= 0.6 is 0 Å². The molecule has 2 atom stereocenters. The molecule has 2 aromatic heterocycles. The molecule has 3 aliphatic rings. The number of fused-ring (bicyclic) bond motifs is 1. The maximum atomic E-state index is 14.0. The van der Waals surface area contributed by atoms with Gasteiger partial charge in [-0.05, 0) is 62.6 Å². The maximum absolute atomic E-state index is 14.0. The fourth-order valence-electron chi connectivity index (χ4n) is 6.44. The second kappa shape index (κ2) is 11.9. The summed E-state index contributed by atoms with van der Waals surface area (Å²) < 4.78 is 38.8. The van der Waals surface area contributed by atoms with Gasteiger partial charge in [0.25, 0.3) is 11.8 Å². The average Bonchev–Trinajstić information content (AvgIpc) is 3.43. The van der Waals surface area contributed by atoms with Gasteiger partial charge in [0.15, 0.2) is 11.5 Å². The van der Waals surface area contributed by atoms with Crippen molar-refractivity contribution >= 4 is 11.7 Å². The quantitative estimate of drug-likeness (QED) is 0.424. The van der Waals surface area contributed by atoms with Gasteiger partial charge in [0, 0.05) is 69.0 Å². The van der Waals surface area contributed by atoms with E-state index in [9.17, 15) is 13.6 Å². The highest BCUT2D eigenvalue weighted by atomic mass is 19.3. The van der Waals surface area contributed by atoms with Crippen LogP contribution < -0.4 is 10.2 Å². The second-order valence-electron chi connectivity index (χ2n) is 12.4. The molecule has 1 N–H and O–H groups in total. The van der Waals surface area contributed by atoms with Gasteiger partial charge in [-0.3, -0.25) is 4.79 Å². The molecule has 9 nitrogen and oxygen atoms in total. The summed E-state index contributed by atoms with van der Waals surface area (Å²) in [6.07, 6.45) is 3.37. The number of amides is 1. The molecule has 3 aliphatic heterocycles. The topological polar surface area (TPSA) is 96.6 Å². The van der Waals surface area contributed by atoms with Crippen molar-refractivity contribution in [2.45, 2.75) is 77.9 Å². The van der Waals surface area contributed by atoms with Gasteiger partial charge in [0.2, 0.25) is 0 Å². The SMILES string of the molecule is Cc1cc(-c2nc(C(=O)N3CCC(NC4CCOCC4C)CC3)c(C)c(N3CCc4cc(C(C)(F)F)ccc4C3)n2)no1. The van der Waals surface area contributed by atoms with Crippen LogP contribution in [0.2, 0.25) is 0 Å². The molecule has 2 saturated heterocycles. The van der Waals surface area contributed by atoms with E-state index in [4.69, 9.17) is 19.2 Å². The number of benzene rings is 1. The van der Waals surface area contributed by atoms with Crippen molar-refractivity contribution in [2.24, 2.45) is 5.92 Å². The Morgan fingerprint density at radius 3 is 2.56 bits per heavy atom. The van der Waals surface area contributed by atoms with Crippen molar-refractivity contribution in [1.82, 2.24) is 25.3 Å². The molecular formula is C32H40F2N6O3. The number of ether oxygens (including phenoxy) is 1. The lowest BCUT2D eigenvalue weighted by Crippen LogP contribution is -2.51. The number of anilines is 1. The molecule has 11 heteroatoms. The van der Waals surface area contributed by atoms with Crippen LogP contribution in [0, 0.1) is 19.8 Å². The lowest BCUT2D eigenvalue weighted by Gasteiger charge is -2.38. The minimum Gasteiger partial charge on any atom is -0.381 e. The summed E-state index contributed by atoms with van der Waals surface area (Å²) in [5.41, 5.74) is 3.43. The standard InChI is InChI=1S/C32H40F2N6O3/c1-19-18-42-14-10-26(19)35-25-8-12-39(13-9-25)31(41)28-21(3)30(37-29(36-28)27-15-20(2)43-38-27)40-11-7-22-16-24(32(4,33)34)6-5-23(22)17-40/h5-6,15-16,19,25-26,35H,7-14,17-18H2,1-4H3. The smallest absolute Gasteiger partial charge is 0.272 e. The molecule has 2 fully saturated rings. The highest BCUT2D eigenvalue weighted by Crippen LogP contribution is 2.33. The lowest BCUT2D eigenvalue weighted by molar-refractivity contribution is 0.0173. The van der Waals surface area contributed by atoms with E-state index in [2.05, 4.69) is 22.3 Å². The summed E-state index contributed by atoms with van der Waals surface area (Å²) in [4.78, 5) is 27.6. The summed E-state index contributed by atoms with van der Waals surface area (Å²) in [7, 11) is 0. The van der Waals surface area contributed by atoms with E-state index < -0.39 is 5.92 Å². The van der Waals surface area contributed by atoms with E-state index in [0.29, 0.717) is 85.0 Å². The van der Waals surface area contributed by atoms with Crippen LogP contribution in [0.15, 0.2) is 28.8 Å². The molecule has 0 radical (unpaired) electrons. The number of piperidine rings is 1. The molecule has 43 heavy (non-hydrogen) atoms. The molecule has 5 heterocycles.